The monoisotopic (exact) mass is 640 g/mol. The van der Waals surface area contributed by atoms with Gasteiger partial charge in [-0.2, -0.15) is 0 Å². The first-order chi connectivity index (χ1) is 21.0. The topological polar surface area (TPSA) is 128 Å². The number of amides is 2. The van der Waals surface area contributed by atoms with Crippen LogP contribution in [0.2, 0.25) is 5.02 Å². The van der Waals surface area contributed by atoms with Crippen LogP contribution in [0.25, 0.3) is 0 Å². The van der Waals surface area contributed by atoms with Crippen molar-refractivity contribution in [3.05, 3.63) is 95.0 Å². The lowest BCUT2D eigenvalue weighted by Gasteiger charge is -2.28. The number of halogens is 1. The summed E-state index contributed by atoms with van der Waals surface area (Å²) in [6, 6.07) is 21.2. The third-order valence-electron chi connectivity index (χ3n) is 7.80. The van der Waals surface area contributed by atoms with Gasteiger partial charge in [0.1, 0.15) is 0 Å². The minimum absolute atomic E-state index is 0.0748. The summed E-state index contributed by atoms with van der Waals surface area (Å²) < 4.78 is 26.7. The SMILES string of the molecule is C[C@H](NC[C@@H](O)[C@H](Cc1ccccc1)NC(=O)c1cccc(N(c2ccccc2Cl)S(C)(=O)=O)c1)C(=O)NC1CCCCC1. The second-order valence-electron chi connectivity index (χ2n) is 11.3. The molecule has 3 atom stereocenters. The van der Waals surface area contributed by atoms with E-state index < -0.39 is 34.1 Å². The van der Waals surface area contributed by atoms with Crippen LogP contribution in [-0.2, 0) is 21.2 Å². The lowest BCUT2D eigenvalue weighted by molar-refractivity contribution is -0.123. The van der Waals surface area contributed by atoms with Gasteiger partial charge >= 0.3 is 0 Å². The Morgan fingerprint density at radius 3 is 2.34 bits per heavy atom. The quantitative estimate of drug-likeness (QED) is 0.217. The standard InChI is InChI=1S/C33H41ClN4O5S/c1-23(32(40)36-26-15-7-4-8-16-26)35-22-31(39)29(20-24-12-5-3-6-13-24)37-33(41)25-14-11-17-27(21-25)38(44(2,42)43)30-19-10-9-18-28(30)34/h3,5-6,9-14,17-19,21,23,26,29,31,35,39H,4,7-8,15-16,20,22H2,1-2H3,(H,36,40)(H,37,41)/t23-,29-,31+/m0/s1. The molecule has 3 aromatic carbocycles. The van der Waals surface area contributed by atoms with Gasteiger partial charge in [-0.05, 0) is 62.1 Å². The molecule has 1 aliphatic rings. The average Bonchev–Trinajstić information content (AvgIpc) is 3.01. The van der Waals surface area contributed by atoms with E-state index in [9.17, 15) is 23.1 Å². The van der Waals surface area contributed by atoms with Crippen LogP contribution in [0, 0.1) is 0 Å². The first kappa shape index (κ1) is 33.5. The Hall–Kier alpha value is -3.44. The van der Waals surface area contributed by atoms with Crippen molar-refractivity contribution >= 4 is 44.8 Å². The van der Waals surface area contributed by atoms with Gasteiger partial charge in [0.25, 0.3) is 5.91 Å². The molecule has 0 heterocycles. The van der Waals surface area contributed by atoms with Gasteiger partial charge < -0.3 is 21.1 Å². The molecule has 0 spiro atoms. The van der Waals surface area contributed by atoms with Crippen LogP contribution in [-0.4, -0.2) is 62.4 Å². The fourth-order valence-electron chi connectivity index (χ4n) is 5.41. The molecule has 11 heteroatoms. The summed E-state index contributed by atoms with van der Waals surface area (Å²) in [7, 11) is -3.81. The summed E-state index contributed by atoms with van der Waals surface area (Å²) >= 11 is 6.33. The molecule has 0 saturated heterocycles. The van der Waals surface area contributed by atoms with Crippen LogP contribution in [0.15, 0.2) is 78.9 Å². The maximum absolute atomic E-state index is 13.5. The highest BCUT2D eigenvalue weighted by Crippen LogP contribution is 2.34. The summed E-state index contributed by atoms with van der Waals surface area (Å²) in [5.41, 5.74) is 1.63. The molecule has 9 nitrogen and oxygen atoms in total. The van der Waals surface area contributed by atoms with Crippen LogP contribution < -0.4 is 20.3 Å². The Morgan fingerprint density at radius 1 is 0.977 bits per heavy atom. The van der Waals surface area contributed by atoms with Crippen LogP contribution >= 0.6 is 11.6 Å². The van der Waals surface area contributed by atoms with Gasteiger partial charge in [-0.15, -0.1) is 0 Å². The van der Waals surface area contributed by atoms with Crippen molar-refractivity contribution in [3.63, 3.8) is 0 Å². The molecule has 0 aliphatic heterocycles. The van der Waals surface area contributed by atoms with E-state index in [1.54, 1.807) is 49.4 Å². The smallest absolute Gasteiger partial charge is 0.251 e. The normalized spacial score (nSPS) is 16.0. The minimum atomic E-state index is -3.81. The number of carbonyl (C=O) groups is 2. The van der Waals surface area contributed by atoms with E-state index in [4.69, 9.17) is 11.6 Å². The van der Waals surface area contributed by atoms with E-state index in [2.05, 4.69) is 16.0 Å². The molecule has 0 unspecified atom stereocenters. The van der Waals surface area contributed by atoms with Gasteiger partial charge in [-0.1, -0.05) is 79.4 Å². The number of rotatable bonds is 13. The molecule has 0 radical (unpaired) electrons. The number of aliphatic hydroxyl groups is 1. The Morgan fingerprint density at radius 2 is 1.66 bits per heavy atom. The Kier molecular flexibility index (Phi) is 11.8. The zero-order valence-corrected chi connectivity index (χ0v) is 26.7. The fourth-order valence-corrected chi connectivity index (χ4v) is 6.69. The second-order valence-corrected chi connectivity index (χ2v) is 13.6. The summed E-state index contributed by atoms with van der Waals surface area (Å²) in [5, 5.41) is 20.6. The van der Waals surface area contributed by atoms with Crippen molar-refractivity contribution in [1.29, 1.82) is 0 Å². The largest absolute Gasteiger partial charge is 0.390 e. The molecule has 0 aromatic heterocycles. The number of carbonyl (C=O) groups excluding carboxylic acids is 2. The molecular weight excluding hydrogens is 600 g/mol. The number of hydrogen-bond acceptors (Lipinski definition) is 6. The van der Waals surface area contributed by atoms with Crippen molar-refractivity contribution in [2.75, 3.05) is 17.1 Å². The van der Waals surface area contributed by atoms with Crippen LogP contribution in [0.3, 0.4) is 0 Å². The fraction of sp³-hybridized carbons (Fsp3) is 0.394. The van der Waals surface area contributed by atoms with E-state index in [1.165, 1.54) is 12.5 Å². The van der Waals surface area contributed by atoms with Gasteiger partial charge in [0.15, 0.2) is 0 Å². The molecule has 4 N–H and O–H groups in total. The summed E-state index contributed by atoms with van der Waals surface area (Å²) in [4.78, 5) is 26.3. The molecule has 1 aliphatic carbocycles. The van der Waals surface area contributed by atoms with Crippen molar-refractivity contribution in [1.82, 2.24) is 16.0 Å². The maximum atomic E-state index is 13.5. The van der Waals surface area contributed by atoms with Crippen LogP contribution in [0.5, 0.6) is 0 Å². The number of benzene rings is 3. The van der Waals surface area contributed by atoms with Gasteiger partial charge in [0.05, 0.1) is 40.8 Å². The molecular formula is C33H41ClN4O5S. The lowest BCUT2D eigenvalue weighted by Crippen LogP contribution is -2.53. The zero-order valence-electron chi connectivity index (χ0n) is 25.1. The molecule has 0 bridgehead atoms. The highest BCUT2D eigenvalue weighted by molar-refractivity contribution is 7.92. The number of sulfonamides is 1. The molecule has 236 valence electrons. The van der Waals surface area contributed by atoms with Crippen LogP contribution in [0.1, 0.15) is 54.9 Å². The minimum Gasteiger partial charge on any atom is -0.390 e. The summed E-state index contributed by atoms with van der Waals surface area (Å²) in [6.07, 6.45) is 5.77. The molecule has 3 aromatic rings. The number of nitrogens with one attached hydrogen (secondary N) is 3. The lowest BCUT2D eigenvalue weighted by atomic mass is 9.95. The van der Waals surface area contributed by atoms with Crippen molar-refractivity contribution in [2.45, 2.75) is 69.7 Å². The van der Waals surface area contributed by atoms with Gasteiger partial charge in [-0.25, -0.2) is 12.7 Å². The maximum Gasteiger partial charge on any atom is 0.251 e. The molecule has 44 heavy (non-hydrogen) atoms. The van der Waals surface area contributed by atoms with E-state index in [-0.39, 0.29) is 40.5 Å². The third kappa shape index (κ3) is 9.28. The summed E-state index contributed by atoms with van der Waals surface area (Å²) in [6.45, 7) is 1.83. The van der Waals surface area contributed by atoms with Crippen molar-refractivity contribution in [3.8, 4) is 0 Å². The van der Waals surface area contributed by atoms with Crippen LogP contribution in [0.4, 0.5) is 11.4 Å². The van der Waals surface area contributed by atoms with Crippen molar-refractivity contribution < 1.29 is 23.1 Å². The van der Waals surface area contributed by atoms with Gasteiger partial charge in [0, 0.05) is 18.2 Å². The molecule has 1 saturated carbocycles. The van der Waals surface area contributed by atoms with E-state index in [0.717, 1.165) is 41.8 Å². The van der Waals surface area contributed by atoms with E-state index >= 15 is 0 Å². The first-order valence-electron chi connectivity index (χ1n) is 14.9. The van der Waals surface area contributed by atoms with Crippen molar-refractivity contribution in [2.24, 2.45) is 0 Å². The number of hydrogen-bond donors (Lipinski definition) is 4. The highest BCUT2D eigenvalue weighted by atomic mass is 35.5. The van der Waals surface area contributed by atoms with E-state index in [0.29, 0.717) is 6.42 Å². The highest BCUT2D eigenvalue weighted by Gasteiger charge is 2.27. The predicted octanol–water partition coefficient (Wildman–Crippen LogP) is 4.57. The predicted molar refractivity (Wildman–Crippen MR) is 175 cm³/mol. The zero-order chi connectivity index (χ0) is 31.7. The number of anilines is 2. The summed E-state index contributed by atoms with van der Waals surface area (Å²) in [5.74, 6) is -0.596. The second kappa shape index (κ2) is 15.5. The number of para-hydroxylation sites is 1. The number of nitrogens with zero attached hydrogens (tertiary/aromatic N) is 1. The molecule has 4 rings (SSSR count). The Bertz CT molecular complexity index is 1520. The van der Waals surface area contributed by atoms with E-state index in [1.807, 2.05) is 30.3 Å². The first-order valence-corrected chi connectivity index (χ1v) is 17.2. The van der Waals surface area contributed by atoms with Gasteiger partial charge in [0.2, 0.25) is 15.9 Å². The Balaban J connectivity index is 1.49. The molecule has 1 fully saturated rings. The van der Waals surface area contributed by atoms with Gasteiger partial charge in [-0.3, -0.25) is 9.59 Å². The third-order valence-corrected chi connectivity index (χ3v) is 9.19. The molecule has 2 amide bonds. The Labute approximate surface area is 265 Å². The number of aliphatic hydroxyl groups excluding tert-OH is 1. The average molecular weight is 641 g/mol.